The molecule has 1 N–H and O–H groups in total. The van der Waals surface area contributed by atoms with Crippen molar-refractivity contribution >= 4 is 18.5 Å². The van der Waals surface area contributed by atoms with Gasteiger partial charge in [0.25, 0.3) is 5.91 Å². The van der Waals surface area contributed by atoms with Crippen LogP contribution in [-0.4, -0.2) is 25.7 Å². The minimum Gasteiger partial charge on any atom is -0.381 e. The molecule has 0 unspecified atom stereocenters. The molecule has 1 aliphatic heterocycles. The zero-order valence-corrected chi connectivity index (χ0v) is 11.5. The minimum atomic E-state index is -0.0175. The summed E-state index contributed by atoms with van der Waals surface area (Å²) in [4.78, 5) is 12.8. The summed E-state index contributed by atoms with van der Waals surface area (Å²) in [5, 5.41) is 3.01. The first-order valence-electron chi connectivity index (χ1n) is 6.24. The molecule has 1 aromatic carbocycles. The maximum atomic E-state index is 12.0. The standard InChI is InChI=1S/C14H19NO2S/c1-14(6-8-17-9-7-14)10-15-13(16)11-2-4-12(18)5-3-11/h2-5,18H,6-10H2,1H3,(H,15,16). The van der Waals surface area contributed by atoms with Crippen molar-refractivity contribution in [3.63, 3.8) is 0 Å². The monoisotopic (exact) mass is 265 g/mol. The van der Waals surface area contributed by atoms with Crippen LogP contribution in [0.1, 0.15) is 30.1 Å². The summed E-state index contributed by atoms with van der Waals surface area (Å²) in [6, 6.07) is 7.25. The van der Waals surface area contributed by atoms with Crippen molar-refractivity contribution in [2.75, 3.05) is 19.8 Å². The zero-order chi connectivity index (χ0) is 13.0. The predicted molar refractivity (Wildman–Crippen MR) is 74.2 cm³/mol. The Hall–Kier alpha value is -1.00. The molecule has 0 aromatic heterocycles. The van der Waals surface area contributed by atoms with Crippen LogP contribution in [0.4, 0.5) is 0 Å². The average Bonchev–Trinajstić information content (AvgIpc) is 2.38. The second-order valence-corrected chi connectivity index (χ2v) is 5.67. The van der Waals surface area contributed by atoms with Gasteiger partial charge in [-0.15, -0.1) is 12.6 Å². The van der Waals surface area contributed by atoms with E-state index < -0.39 is 0 Å². The molecule has 1 saturated heterocycles. The van der Waals surface area contributed by atoms with E-state index in [2.05, 4.69) is 24.9 Å². The molecule has 0 radical (unpaired) electrons. The van der Waals surface area contributed by atoms with E-state index in [-0.39, 0.29) is 11.3 Å². The number of ether oxygens (including phenoxy) is 1. The van der Waals surface area contributed by atoms with Crippen LogP contribution in [0.2, 0.25) is 0 Å². The Morgan fingerprint density at radius 3 is 2.56 bits per heavy atom. The Morgan fingerprint density at radius 2 is 1.94 bits per heavy atom. The smallest absolute Gasteiger partial charge is 0.251 e. The Kier molecular flexibility index (Phi) is 4.30. The summed E-state index contributed by atoms with van der Waals surface area (Å²) in [5.74, 6) is -0.0175. The van der Waals surface area contributed by atoms with Gasteiger partial charge in [0.05, 0.1) is 0 Å². The summed E-state index contributed by atoms with van der Waals surface area (Å²) in [6.45, 7) is 4.49. The van der Waals surface area contributed by atoms with Gasteiger partial charge in [-0.1, -0.05) is 6.92 Å². The van der Waals surface area contributed by atoms with Gasteiger partial charge in [-0.2, -0.15) is 0 Å². The SMILES string of the molecule is CC1(CNC(=O)c2ccc(S)cc2)CCOCC1. The molecule has 0 atom stereocenters. The van der Waals surface area contributed by atoms with Gasteiger partial charge < -0.3 is 10.1 Å². The van der Waals surface area contributed by atoms with Crippen molar-refractivity contribution in [2.45, 2.75) is 24.7 Å². The Bertz CT molecular complexity index is 410. The number of amides is 1. The highest BCUT2D eigenvalue weighted by Gasteiger charge is 2.27. The van der Waals surface area contributed by atoms with E-state index in [1.54, 1.807) is 12.1 Å². The maximum absolute atomic E-state index is 12.0. The van der Waals surface area contributed by atoms with E-state index in [1.807, 2.05) is 12.1 Å². The van der Waals surface area contributed by atoms with Crippen molar-refractivity contribution < 1.29 is 9.53 Å². The van der Waals surface area contributed by atoms with Crippen LogP contribution >= 0.6 is 12.6 Å². The number of carbonyl (C=O) groups excluding carboxylic acids is 1. The third kappa shape index (κ3) is 3.50. The number of hydrogen-bond donors (Lipinski definition) is 2. The molecular weight excluding hydrogens is 246 g/mol. The lowest BCUT2D eigenvalue weighted by atomic mass is 9.82. The summed E-state index contributed by atoms with van der Waals surface area (Å²) in [7, 11) is 0. The normalized spacial score (nSPS) is 18.3. The van der Waals surface area contributed by atoms with E-state index in [1.165, 1.54) is 0 Å². The summed E-state index contributed by atoms with van der Waals surface area (Å²) >= 11 is 4.20. The maximum Gasteiger partial charge on any atom is 0.251 e. The lowest BCUT2D eigenvalue weighted by Crippen LogP contribution is -2.39. The van der Waals surface area contributed by atoms with Crippen LogP contribution in [0.5, 0.6) is 0 Å². The van der Waals surface area contributed by atoms with Gasteiger partial charge in [0.15, 0.2) is 0 Å². The average molecular weight is 265 g/mol. The minimum absolute atomic E-state index is 0.0175. The Balaban J connectivity index is 1.89. The van der Waals surface area contributed by atoms with Crippen LogP contribution in [0.3, 0.4) is 0 Å². The first-order valence-corrected chi connectivity index (χ1v) is 6.69. The first kappa shape index (κ1) is 13.4. The number of carbonyl (C=O) groups is 1. The molecule has 1 heterocycles. The first-order chi connectivity index (χ1) is 8.59. The van der Waals surface area contributed by atoms with E-state index in [0.717, 1.165) is 31.0 Å². The van der Waals surface area contributed by atoms with Gasteiger partial charge in [-0.05, 0) is 42.5 Å². The van der Waals surface area contributed by atoms with Crippen molar-refractivity contribution in [2.24, 2.45) is 5.41 Å². The molecule has 1 amide bonds. The molecule has 0 bridgehead atoms. The fourth-order valence-corrected chi connectivity index (χ4v) is 2.20. The number of thiol groups is 1. The van der Waals surface area contributed by atoms with Crippen LogP contribution in [0.25, 0.3) is 0 Å². The quantitative estimate of drug-likeness (QED) is 0.824. The van der Waals surface area contributed by atoms with Gasteiger partial charge in [0, 0.05) is 30.2 Å². The van der Waals surface area contributed by atoms with Crippen molar-refractivity contribution in [3.05, 3.63) is 29.8 Å². The third-order valence-electron chi connectivity index (χ3n) is 3.51. The molecule has 0 saturated carbocycles. The second kappa shape index (κ2) is 5.76. The van der Waals surface area contributed by atoms with Gasteiger partial charge in [-0.25, -0.2) is 0 Å². The molecule has 0 spiro atoms. The molecule has 3 nitrogen and oxygen atoms in total. The summed E-state index contributed by atoms with van der Waals surface area (Å²) < 4.78 is 5.35. The number of hydrogen-bond acceptors (Lipinski definition) is 3. The highest BCUT2D eigenvalue weighted by atomic mass is 32.1. The van der Waals surface area contributed by atoms with E-state index in [4.69, 9.17) is 4.74 Å². The zero-order valence-electron chi connectivity index (χ0n) is 10.6. The Morgan fingerprint density at radius 1 is 1.33 bits per heavy atom. The molecule has 2 rings (SSSR count). The van der Waals surface area contributed by atoms with Crippen molar-refractivity contribution in [3.8, 4) is 0 Å². The fourth-order valence-electron chi connectivity index (χ4n) is 2.05. The molecule has 1 aromatic rings. The molecule has 1 aliphatic rings. The van der Waals surface area contributed by atoms with Gasteiger partial charge in [-0.3, -0.25) is 4.79 Å². The molecule has 98 valence electrons. The van der Waals surface area contributed by atoms with Crippen molar-refractivity contribution in [1.82, 2.24) is 5.32 Å². The lowest BCUT2D eigenvalue weighted by Gasteiger charge is -2.33. The summed E-state index contributed by atoms with van der Waals surface area (Å²) in [6.07, 6.45) is 2.01. The summed E-state index contributed by atoms with van der Waals surface area (Å²) in [5.41, 5.74) is 0.848. The molecular formula is C14H19NO2S. The molecule has 18 heavy (non-hydrogen) atoms. The van der Waals surface area contributed by atoms with Crippen molar-refractivity contribution in [1.29, 1.82) is 0 Å². The van der Waals surface area contributed by atoms with Gasteiger partial charge in [0.1, 0.15) is 0 Å². The third-order valence-corrected chi connectivity index (χ3v) is 3.80. The molecule has 1 fully saturated rings. The van der Waals surface area contributed by atoms with Crippen LogP contribution < -0.4 is 5.32 Å². The molecule has 4 heteroatoms. The predicted octanol–water partition coefficient (Wildman–Crippen LogP) is 2.52. The Labute approximate surface area is 113 Å². The topological polar surface area (TPSA) is 38.3 Å². The van der Waals surface area contributed by atoms with Crippen LogP contribution in [-0.2, 0) is 4.74 Å². The number of benzene rings is 1. The largest absolute Gasteiger partial charge is 0.381 e. The lowest BCUT2D eigenvalue weighted by molar-refractivity contribution is 0.0238. The van der Waals surface area contributed by atoms with Crippen LogP contribution in [0.15, 0.2) is 29.2 Å². The molecule has 0 aliphatic carbocycles. The fraction of sp³-hybridized carbons (Fsp3) is 0.500. The van der Waals surface area contributed by atoms with Gasteiger partial charge >= 0.3 is 0 Å². The van der Waals surface area contributed by atoms with Crippen LogP contribution in [0, 0.1) is 5.41 Å². The van der Waals surface area contributed by atoms with E-state index in [9.17, 15) is 4.79 Å². The van der Waals surface area contributed by atoms with Gasteiger partial charge in [0.2, 0.25) is 0 Å². The second-order valence-electron chi connectivity index (χ2n) is 5.15. The van der Waals surface area contributed by atoms with E-state index in [0.29, 0.717) is 12.1 Å². The highest BCUT2D eigenvalue weighted by Crippen LogP contribution is 2.28. The number of nitrogens with one attached hydrogen (secondary N) is 1. The number of rotatable bonds is 3. The van der Waals surface area contributed by atoms with E-state index >= 15 is 0 Å². The highest BCUT2D eigenvalue weighted by molar-refractivity contribution is 7.80.